The van der Waals surface area contributed by atoms with Gasteiger partial charge in [0.2, 0.25) is 0 Å². The van der Waals surface area contributed by atoms with E-state index in [1.54, 1.807) is 6.92 Å². The largest absolute Gasteiger partial charge is 0.319 e. The van der Waals surface area contributed by atoms with Crippen LogP contribution in [0.15, 0.2) is 0 Å². The molecule has 0 heterocycles. The topological polar surface area (TPSA) is 43.1 Å². The summed E-state index contributed by atoms with van der Waals surface area (Å²) in [6.07, 6.45) is 5.27. The van der Waals surface area contributed by atoms with Gasteiger partial charge in [0.15, 0.2) is 0 Å². The predicted octanol–water partition coefficient (Wildman–Crippen LogP) is 3.29. The van der Waals surface area contributed by atoms with Gasteiger partial charge in [-0.25, -0.2) is 0 Å². The number of hydrogen-bond donors (Lipinski definition) is 1. The highest BCUT2D eigenvalue weighted by molar-refractivity contribution is 5.85. The van der Waals surface area contributed by atoms with Crippen molar-refractivity contribution in [3.8, 4) is 0 Å². The van der Waals surface area contributed by atoms with Crippen LogP contribution in [0.2, 0.25) is 0 Å². The third-order valence-corrected chi connectivity index (χ3v) is 2.45. The van der Waals surface area contributed by atoms with Gasteiger partial charge in [0.05, 0.1) is 5.54 Å². The molecule has 0 aromatic carbocycles. The van der Waals surface area contributed by atoms with E-state index in [2.05, 4.69) is 0 Å². The molecule has 0 aliphatic heterocycles. The molecule has 0 aromatic heterocycles. The van der Waals surface area contributed by atoms with Crippen molar-refractivity contribution in [3.05, 3.63) is 0 Å². The lowest BCUT2D eigenvalue weighted by molar-refractivity contribution is -0.123. The zero-order chi connectivity index (χ0) is 11.6. The van der Waals surface area contributed by atoms with E-state index in [0.717, 1.165) is 25.7 Å². The summed E-state index contributed by atoms with van der Waals surface area (Å²) in [5, 5.41) is 0. The highest BCUT2D eigenvalue weighted by atomic mass is 16.1. The van der Waals surface area contributed by atoms with Crippen LogP contribution in [0.1, 0.15) is 66.7 Å². The number of carbonyl (C=O) groups is 1. The lowest BCUT2D eigenvalue weighted by atomic mass is 9.80. The van der Waals surface area contributed by atoms with Gasteiger partial charge < -0.3 is 5.73 Å². The van der Waals surface area contributed by atoms with Gasteiger partial charge in [-0.1, -0.05) is 47.0 Å². The maximum Gasteiger partial charge on any atom is 0.149 e. The minimum Gasteiger partial charge on any atom is -0.319 e. The van der Waals surface area contributed by atoms with Gasteiger partial charge in [-0.2, -0.15) is 0 Å². The van der Waals surface area contributed by atoms with Gasteiger partial charge in [0, 0.05) is 0 Å². The molecule has 0 aromatic rings. The molecule has 2 N–H and O–H groups in total. The van der Waals surface area contributed by atoms with Crippen molar-refractivity contribution >= 4 is 5.78 Å². The van der Waals surface area contributed by atoms with Crippen LogP contribution in [0.5, 0.6) is 0 Å². The van der Waals surface area contributed by atoms with Crippen molar-refractivity contribution in [1.82, 2.24) is 0 Å². The molecule has 0 bridgehead atoms. The molecule has 2 nitrogen and oxygen atoms in total. The molecule has 1 aliphatic carbocycles. The molecule has 0 amide bonds. The smallest absolute Gasteiger partial charge is 0.149 e. The molecule has 2 heteroatoms. The molecular formula is C12H27NO. The maximum atomic E-state index is 11.0. The standard InChI is InChI=1S/C8H15NO.2C2H6/c1-7(10)8(9)5-3-2-4-6-8;2*1-2/h2-6,9H2,1H3;2*1-2H3. The molecule has 1 saturated carbocycles. The number of nitrogens with two attached hydrogens (primary N) is 1. The third-order valence-electron chi connectivity index (χ3n) is 2.45. The Morgan fingerprint density at radius 3 is 1.57 bits per heavy atom. The second-order valence-corrected chi connectivity index (χ2v) is 3.27. The summed E-state index contributed by atoms with van der Waals surface area (Å²) in [7, 11) is 0. The minimum absolute atomic E-state index is 0.159. The Labute approximate surface area is 89.3 Å². The molecule has 0 unspecified atom stereocenters. The van der Waals surface area contributed by atoms with Gasteiger partial charge in [-0.15, -0.1) is 0 Å². The van der Waals surface area contributed by atoms with Gasteiger partial charge in [0.25, 0.3) is 0 Å². The number of carbonyl (C=O) groups excluding carboxylic acids is 1. The molecule has 1 aliphatic rings. The molecule has 14 heavy (non-hydrogen) atoms. The average Bonchev–Trinajstić information content (AvgIpc) is 2.25. The Bertz CT molecular complexity index is 137. The summed E-state index contributed by atoms with van der Waals surface area (Å²) in [6, 6.07) is 0. The lowest BCUT2D eigenvalue weighted by Gasteiger charge is -2.30. The number of rotatable bonds is 1. The molecular weight excluding hydrogens is 174 g/mol. The number of ketones is 1. The van der Waals surface area contributed by atoms with Crippen molar-refractivity contribution in [2.24, 2.45) is 5.73 Å². The van der Waals surface area contributed by atoms with Crippen LogP contribution in [0, 0.1) is 0 Å². The van der Waals surface area contributed by atoms with E-state index >= 15 is 0 Å². The van der Waals surface area contributed by atoms with Crippen molar-refractivity contribution in [2.45, 2.75) is 72.3 Å². The first-order chi connectivity index (χ1) is 6.65. The van der Waals surface area contributed by atoms with Crippen molar-refractivity contribution in [3.63, 3.8) is 0 Å². The van der Waals surface area contributed by atoms with E-state index in [1.807, 2.05) is 27.7 Å². The van der Waals surface area contributed by atoms with Crippen molar-refractivity contribution in [1.29, 1.82) is 0 Å². The highest BCUT2D eigenvalue weighted by Crippen LogP contribution is 2.26. The molecule has 0 radical (unpaired) electrons. The normalized spacial score (nSPS) is 18.1. The second-order valence-electron chi connectivity index (χ2n) is 3.27. The Balaban J connectivity index is 0. The summed E-state index contributed by atoms with van der Waals surface area (Å²) in [6.45, 7) is 9.60. The average molecular weight is 201 g/mol. The monoisotopic (exact) mass is 201 g/mol. The molecule has 0 spiro atoms. The van der Waals surface area contributed by atoms with Gasteiger partial charge in [-0.3, -0.25) is 4.79 Å². The van der Waals surface area contributed by atoms with Crippen LogP contribution in [0.4, 0.5) is 0 Å². The van der Waals surface area contributed by atoms with Crippen molar-refractivity contribution < 1.29 is 4.79 Å². The molecule has 1 fully saturated rings. The Morgan fingerprint density at radius 2 is 1.36 bits per heavy atom. The first kappa shape index (κ1) is 16.1. The van der Waals surface area contributed by atoms with Crippen LogP contribution in [-0.2, 0) is 4.79 Å². The Morgan fingerprint density at radius 1 is 1.00 bits per heavy atom. The molecule has 86 valence electrons. The fourth-order valence-corrected chi connectivity index (χ4v) is 1.53. The van der Waals surface area contributed by atoms with Crippen LogP contribution < -0.4 is 5.73 Å². The molecule has 0 saturated heterocycles. The fraction of sp³-hybridized carbons (Fsp3) is 0.917. The minimum atomic E-state index is -0.460. The maximum absolute atomic E-state index is 11.0. The van der Waals surface area contributed by atoms with E-state index in [1.165, 1.54) is 6.42 Å². The SMILES string of the molecule is CC.CC.CC(=O)C1(N)CCCCC1. The number of hydrogen-bond acceptors (Lipinski definition) is 2. The van der Waals surface area contributed by atoms with Gasteiger partial charge >= 0.3 is 0 Å². The molecule has 0 atom stereocenters. The highest BCUT2D eigenvalue weighted by Gasteiger charge is 2.31. The van der Waals surface area contributed by atoms with Gasteiger partial charge in [0.1, 0.15) is 5.78 Å². The summed E-state index contributed by atoms with van der Waals surface area (Å²) in [4.78, 5) is 11.0. The van der Waals surface area contributed by atoms with Crippen LogP contribution in [0.25, 0.3) is 0 Å². The van der Waals surface area contributed by atoms with E-state index in [0.29, 0.717) is 0 Å². The van der Waals surface area contributed by atoms with Crippen molar-refractivity contribution in [2.75, 3.05) is 0 Å². The summed E-state index contributed by atoms with van der Waals surface area (Å²) in [5.74, 6) is 0.159. The fourth-order valence-electron chi connectivity index (χ4n) is 1.53. The van der Waals surface area contributed by atoms with E-state index in [4.69, 9.17) is 5.73 Å². The second kappa shape index (κ2) is 9.20. The number of Topliss-reactive ketones (excluding diaryl/α,β-unsaturated/α-hetero) is 1. The summed E-state index contributed by atoms with van der Waals surface area (Å²) in [5.41, 5.74) is 5.39. The first-order valence-corrected chi connectivity index (χ1v) is 5.95. The summed E-state index contributed by atoms with van der Waals surface area (Å²) >= 11 is 0. The zero-order valence-corrected chi connectivity index (χ0v) is 10.5. The van der Waals surface area contributed by atoms with E-state index < -0.39 is 5.54 Å². The predicted molar refractivity (Wildman–Crippen MR) is 63.4 cm³/mol. The van der Waals surface area contributed by atoms with Crippen LogP contribution in [-0.4, -0.2) is 11.3 Å². The van der Waals surface area contributed by atoms with Gasteiger partial charge in [-0.05, 0) is 19.8 Å². The third kappa shape index (κ3) is 5.38. The zero-order valence-electron chi connectivity index (χ0n) is 10.5. The van der Waals surface area contributed by atoms with E-state index in [9.17, 15) is 4.79 Å². The first-order valence-electron chi connectivity index (χ1n) is 5.95. The van der Waals surface area contributed by atoms with E-state index in [-0.39, 0.29) is 5.78 Å². The summed E-state index contributed by atoms with van der Waals surface area (Å²) < 4.78 is 0. The molecule has 1 rings (SSSR count). The Hall–Kier alpha value is -0.370. The lowest BCUT2D eigenvalue weighted by Crippen LogP contribution is -2.48. The van der Waals surface area contributed by atoms with Crippen LogP contribution in [0.3, 0.4) is 0 Å². The Kier molecular flexibility index (Phi) is 10.6. The quantitative estimate of drug-likeness (QED) is 0.707. The van der Waals surface area contributed by atoms with Crippen LogP contribution >= 0.6 is 0 Å².